The van der Waals surface area contributed by atoms with Crippen molar-refractivity contribution in [2.75, 3.05) is 11.9 Å². The van der Waals surface area contributed by atoms with Crippen LogP contribution in [0.2, 0.25) is 0 Å². The molecule has 4 rings (SSSR count). The van der Waals surface area contributed by atoms with Crippen LogP contribution in [0.1, 0.15) is 12.5 Å². The maximum absolute atomic E-state index is 12.6. The van der Waals surface area contributed by atoms with Crippen LogP contribution in [0.4, 0.5) is 5.69 Å². The Morgan fingerprint density at radius 2 is 2.00 bits per heavy atom. The second-order valence-electron chi connectivity index (χ2n) is 7.41. The summed E-state index contributed by atoms with van der Waals surface area (Å²) >= 11 is 0. The molecule has 3 heterocycles. The highest BCUT2D eigenvalue weighted by Gasteiger charge is 2.42. The molecule has 29 heavy (non-hydrogen) atoms. The molecule has 5 atom stereocenters. The summed E-state index contributed by atoms with van der Waals surface area (Å²) in [4.78, 5) is 15.5. The van der Waals surface area contributed by atoms with Crippen molar-refractivity contribution in [2.45, 2.75) is 44.3 Å². The Morgan fingerprint density at radius 3 is 2.69 bits per heavy atom. The molecule has 1 aromatic carbocycles. The number of anilines is 1. The second kappa shape index (κ2) is 7.64. The number of aryl methyl sites for hydroxylation is 1. The molecule has 0 aliphatic carbocycles. The average Bonchev–Trinajstić information content (AvgIpc) is 3.22. The van der Waals surface area contributed by atoms with Crippen molar-refractivity contribution in [3.8, 4) is 11.3 Å². The lowest BCUT2D eigenvalue weighted by Gasteiger charge is -2.41. The third kappa shape index (κ3) is 3.44. The van der Waals surface area contributed by atoms with Crippen molar-refractivity contribution < 1.29 is 24.5 Å². The molecule has 0 bridgehead atoms. The van der Waals surface area contributed by atoms with E-state index in [1.54, 1.807) is 25.1 Å². The minimum absolute atomic E-state index is 0.252. The van der Waals surface area contributed by atoms with Crippen molar-refractivity contribution in [3.05, 3.63) is 52.5 Å². The standard InChI is InChI=1S/C21H24N2O6/c1-10-13-6-5-12(22-18-11(2)29-16(9-24)19(25)20(18)26)8-14(13)23-21(27)17(10)15-4-3-7-28-15/h3-8,11,16,18-20,22,24-26H,9H2,1-2H3,(H,23,27). The predicted octanol–water partition coefficient (Wildman–Crippen LogP) is 1.38. The molecule has 2 aromatic heterocycles. The minimum Gasteiger partial charge on any atom is -0.464 e. The molecular weight excluding hydrogens is 376 g/mol. The van der Waals surface area contributed by atoms with Crippen LogP contribution in [0.15, 0.2) is 45.8 Å². The normalized spacial score (nSPS) is 27.3. The van der Waals surface area contributed by atoms with Crippen molar-refractivity contribution in [1.82, 2.24) is 4.98 Å². The molecular formula is C21H24N2O6. The number of aliphatic hydroxyl groups excluding tert-OH is 3. The van der Waals surface area contributed by atoms with Gasteiger partial charge in [-0.05, 0) is 43.7 Å². The Morgan fingerprint density at radius 1 is 1.21 bits per heavy atom. The van der Waals surface area contributed by atoms with Crippen LogP contribution in [-0.2, 0) is 4.74 Å². The average molecular weight is 400 g/mol. The van der Waals surface area contributed by atoms with Gasteiger partial charge in [0.25, 0.3) is 5.56 Å². The van der Waals surface area contributed by atoms with Gasteiger partial charge in [-0.2, -0.15) is 0 Å². The lowest BCUT2D eigenvalue weighted by Crippen LogP contribution is -2.60. The third-order valence-electron chi connectivity index (χ3n) is 5.55. The molecule has 0 amide bonds. The molecule has 5 unspecified atom stereocenters. The first-order valence-electron chi connectivity index (χ1n) is 9.50. The van der Waals surface area contributed by atoms with Gasteiger partial charge in [0, 0.05) is 11.1 Å². The van der Waals surface area contributed by atoms with Crippen LogP contribution in [0, 0.1) is 6.92 Å². The van der Waals surface area contributed by atoms with E-state index in [4.69, 9.17) is 9.15 Å². The molecule has 154 valence electrons. The summed E-state index contributed by atoms with van der Waals surface area (Å²) in [5, 5.41) is 33.9. The summed E-state index contributed by atoms with van der Waals surface area (Å²) in [5.74, 6) is 0.511. The van der Waals surface area contributed by atoms with E-state index < -0.39 is 30.5 Å². The Labute approximate surface area is 166 Å². The lowest BCUT2D eigenvalue weighted by atomic mass is 9.93. The molecule has 0 saturated carbocycles. The number of pyridine rings is 1. The van der Waals surface area contributed by atoms with E-state index in [0.29, 0.717) is 22.5 Å². The van der Waals surface area contributed by atoms with E-state index in [1.807, 2.05) is 19.1 Å². The fourth-order valence-corrected chi connectivity index (χ4v) is 3.97. The van der Waals surface area contributed by atoms with E-state index in [-0.39, 0.29) is 12.2 Å². The van der Waals surface area contributed by atoms with Crippen molar-refractivity contribution in [2.24, 2.45) is 0 Å². The van der Waals surface area contributed by atoms with E-state index in [9.17, 15) is 20.1 Å². The molecule has 1 fully saturated rings. The number of ether oxygens (including phenoxy) is 1. The minimum atomic E-state index is -1.20. The Kier molecular flexibility index (Phi) is 5.18. The van der Waals surface area contributed by atoms with Gasteiger partial charge in [0.15, 0.2) is 0 Å². The Balaban J connectivity index is 1.66. The van der Waals surface area contributed by atoms with Gasteiger partial charge in [0.05, 0.1) is 36.1 Å². The largest absolute Gasteiger partial charge is 0.464 e. The fourth-order valence-electron chi connectivity index (χ4n) is 3.97. The van der Waals surface area contributed by atoms with Gasteiger partial charge in [-0.3, -0.25) is 4.79 Å². The van der Waals surface area contributed by atoms with E-state index in [2.05, 4.69) is 10.3 Å². The molecule has 3 aromatic rings. The number of fused-ring (bicyclic) bond motifs is 1. The fraction of sp³-hybridized carbons (Fsp3) is 0.381. The zero-order chi connectivity index (χ0) is 20.7. The highest BCUT2D eigenvalue weighted by molar-refractivity contribution is 5.89. The Bertz CT molecular complexity index is 1060. The van der Waals surface area contributed by atoms with Gasteiger partial charge in [-0.1, -0.05) is 6.07 Å². The summed E-state index contributed by atoms with van der Waals surface area (Å²) in [6.45, 7) is 3.26. The van der Waals surface area contributed by atoms with Crippen LogP contribution >= 0.6 is 0 Å². The highest BCUT2D eigenvalue weighted by atomic mass is 16.5. The van der Waals surface area contributed by atoms with Crippen molar-refractivity contribution >= 4 is 16.6 Å². The quantitative estimate of drug-likeness (QED) is 0.448. The molecule has 5 N–H and O–H groups in total. The molecule has 1 aliphatic heterocycles. The van der Waals surface area contributed by atoms with Crippen LogP contribution in [-0.4, -0.2) is 57.4 Å². The van der Waals surface area contributed by atoms with Gasteiger partial charge >= 0.3 is 0 Å². The van der Waals surface area contributed by atoms with Gasteiger partial charge in [-0.15, -0.1) is 0 Å². The first-order chi connectivity index (χ1) is 13.9. The van der Waals surface area contributed by atoms with Crippen molar-refractivity contribution in [3.63, 3.8) is 0 Å². The summed E-state index contributed by atoms with van der Waals surface area (Å²) in [7, 11) is 0. The van der Waals surface area contributed by atoms with E-state index >= 15 is 0 Å². The van der Waals surface area contributed by atoms with Crippen molar-refractivity contribution in [1.29, 1.82) is 0 Å². The predicted molar refractivity (Wildman–Crippen MR) is 108 cm³/mol. The number of hydrogen-bond donors (Lipinski definition) is 5. The topological polar surface area (TPSA) is 128 Å². The van der Waals surface area contributed by atoms with E-state index in [1.165, 1.54) is 6.26 Å². The van der Waals surface area contributed by atoms with Gasteiger partial charge in [-0.25, -0.2) is 0 Å². The van der Waals surface area contributed by atoms with Crippen LogP contribution in [0.3, 0.4) is 0 Å². The molecule has 0 radical (unpaired) electrons. The first-order valence-corrected chi connectivity index (χ1v) is 9.50. The number of furan rings is 1. The maximum Gasteiger partial charge on any atom is 0.259 e. The van der Waals surface area contributed by atoms with Gasteiger partial charge < -0.3 is 34.8 Å². The monoisotopic (exact) mass is 400 g/mol. The third-order valence-corrected chi connectivity index (χ3v) is 5.55. The first kappa shape index (κ1) is 19.7. The Hall–Kier alpha value is -2.65. The number of aromatic nitrogens is 1. The summed E-state index contributed by atoms with van der Waals surface area (Å²) in [6, 6.07) is 8.39. The van der Waals surface area contributed by atoms with Crippen LogP contribution in [0.5, 0.6) is 0 Å². The number of aromatic amines is 1. The van der Waals surface area contributed by atoms with Crippen LogP contribution in [0.25, 0.3) is 22.2 Å². The number of benzene rings is 1. The molecule has 1 aliphatic rings. The number of aliphatic hydroxyl groups is 3. The van der Waals surface area contributed by atoms with Crippen LogP contribution < -0.4 is 10.9 Å². The molecule has 8 heteroatoms. The zero-order valence-electron chi connectivity index (χ0n) is 16.1. The lowest BCUT2D eigenvalue weighted by molar-refractivity contribution is -0.180. The van der Waals surface area contributed by atoms with Gasteiger partial charge in [0.1, 0.15) is 24.1 Å². The SMILES string of the molecule is Cc1c(-c2ccco2)c(=O)[nH]c2cc(NC3C(C)OC(CO)C(O)C3O)ccc12. The zero-order valence-corrected chi connectivity index (χ0v) is 16.1. The maximum atomic E-state index is 12.6. The number of nitrogens with one attached hydrogen (secondary N) is 2. The van der Waals surface area contributed by atoms with E-state index in [0.717, 1.165) is 10.9 Å². The summed E-state index contributed by atoms with van der Waals surface area (Å²) in [5.41, 5.74) is 2.34. The molecule has 8 nitrogen and oxygen atoms in total. The summed E-state index contributed by atoms with van der Waals surface area (Å²) in [6.07, 6.45) is -2.06. The van der Waals surface area contributed by atoms with Gasteiger partial charge in [0.2, 0.25) is 0 Å². The summed E-state index contributed by atoms with van der Waals surface area (Å²) < 4.78 is 11.0. The molecule has 0 spiro atoms. The number of H-pyrrole nitrogens is 1. The molecule has 1 saturated heterocycles. The second-order valence-corrected chi connectivity index (χ2v) is 7.41. The highest BCUT2D eigenvalue weighted by Crippen LogP contribution is 2.29. The smallest absolute Gasteiger partial charge is 0.259 e. The number of rotatable bonds is 4. The number of hydrogen-bond acceptors (Lipinski definition) is 7.